The molecule has 0 radical (unpaired) electrons. The Balaban J connectivity index is 0.000000487. The van der Waals surface area contributed by atoms with Gasteiger partial charge in [-0.3, -0.25) is 0 Å². The van der Waals surface area contributed by atoms with E-state index in [-0.39, 0.29) is 5.82 Å². The lowest BCUT2D eigenvalue weighted by Crippen LogP contribution is -2.12. The maximum atomic E-state index is 12.8. The minimum Gasteiger partial charge on any atom is -0.497 e. The van der Waals surface area contributed by atoms with Crippen molar-refractivity contribution in [1.82, 2.24) is 5.32 Å². The van der Waals surface area contributed by atoms with Crippen molar-refractivity contribution in [1.29, 1.82) is 0 Å². The number of carboxylic acid groups (broad SMARTS) is 2. The van der Waals surface area contributed by atoms with Crippen molar-refractivity contribution in [2.24, 2.45) is 0 Å². The number of ether oxygens (including phenoxy) is 2. The molecule has 0 aliphatic carbocycles. The van der Waals surface area contributed by atoms with Crippen LogP contribution >= 0.6 is 0 Å². The Labute approximate surface area is 150 Å². The lowest BCUT2D eigenvalue weighted by atomic mass is 10.2. The molecule has 0 fully saturated rings. The molecule has 140 valence electrons. The molecule has 0 heterocycles. The molecule has 2 rings (SSSR count). The summed E-state index contributed by atoms with van der Waals surface area (Å²) < 4.78 is 23.2. The van der Waals surface area contributed by atoms with Gasteiger partial charge in [-0.1, -0.05) is 12.1 Å². The molecular formula is C18H20FNO6. The summed E-state index contributed by atoms with van der Waals surface area (Å²) in [6.45, 7) is 1.37. The summed E-state index contributed by atoms with van der Waals surface area (Å²) in [7, 11) is 3.26. The number of aliphatic carboxylic acids is 2. The number of methoxy groups -OCH3 is 2. The molecule has 0 aromatic heterocycles. The van der Waals surface area contributed by atoms with Crippen LogP contribution in [0, 0.1) is 5.82 Å². The highest BCUT2D eigenvalue weighted by molar-refractivity contribution is 6.27. The van der Waals surface area contributed by atoms with Gasteiger partial charge in [0.2, 0.25) is 0 Å². The van der Waals surface area contributed by atoms with Gasteiger partial charge in [-0.2, -0.15) is 0 Å². The van der Waals surface area contributed by atoms with Gasteiger partial charge in [-0.15, -0.1) is 0 Å². The Morgan fingerprint density at radius 2 is 1.35 bits per heavy atom. The molecule has 0 spiro atoms. The largest absolute Gasteiger partial charge is 0.497 e. The van der Waals surface area contributed by atoms with E-state index in [9.17, 15) is 4.39 Å². The zero-order chi connectivity index (χ0) is 19.5. The number of carbonyl (C=O) groups is 2. The number of hydrogen-bond donors (Lipinski definition) is 3. The van der Waals surface area contributed by atoms with Crippen LogP contribution in [0.2, 0.25) is 0 Å². The summed E-state index contributed by atoms with van der Waals surface area (Å²) >= 11 is 0. The Bertz CT molecular complexity index is 699. The monoisotopic (exact) mass is 365 g/mol. The first-order valence-corrected chi connectivity index (χ1v) is 7.49. The van der Waals surface area contributed by atoms with E-state index in [1.807, 2.05) is 18.2 Å². The van der Waals surface area contributed by atoms with E-state index in [0.29, 0.717) is 13.1 Å². The maximum Gasteiger partial charge on any atom is 0.414 e. The van der Waals surface area contributed by atoms with Gasteiger partial charge in [0, 0.05) is 19.2 Å². The SMILES string of the molecule is COc1cc(CNCc2ccc(F)cc2)cc(OC)c1.O=C(O)C(=O)O. The Morgan fingerprint density at radius 1 is 0.885 bits per heavy atom. The molecular weight excluding hydrogens is 345 g/mol. The lowest BCUT2D eigenvalue weighted by molar-refractivity contribution is -0.159. The first-order chi connectivity index (χ1) is 12.3. The van der Waals surface area contributed by atoms with Crippen molar-refractivity contribution >= 4 is 11.9 Å². The second-order valence-corrected chi connectivity index (χ2v) is 5.06. The molecule has 2 aromatic carbocycles. The zero-order valence-electron chi connectivity index (χ0n) is 14.4. The summed E-state index contributed by atoms with van der Waals surface area (Å²) in [6.07, 6.45) is 0. The predicted molar refractivity (Wildman–Crippen MR) is 91.8 cm³/mol. The number of halogens is 1. The average Bonchev–Trinajstić information content (AvgIpc) is 2.63. The second kappa shape index (κ2) is 10.7. The zero-order valence-corrected chi connectivity index (χ0v) is 14.4. The fourth-order valence-corrected chi connectivity index (χ4v) is 1.92. The third-order valence-corrected chi connectivity index (χ3v) is 3.17. The summed E-state index contributed by atoms with van der Waals surface area (Å²) in [6, 6.07) is 12.2. The molecule has 0 aliphatic heterocycles. The molecule has 8 heteroatoms. The van der Waals surface area contributed by atoms with Crippen LogP contribution in [-0.2, 0) is 22.7 Å². The van der Waals surface area contributed by atoms with Gasteiger partial charge >= 0.3 is 11.9 Å². The van der Waals surface area contributed by atoms with Crippen LogP contribution in [0.1, 0.15) is 11.1 Å². The van der Waals surface area contributed by atoms with Crippen LogP contribution < -0.4 is 14.8 Å². The second-order valence-electron chi connectivity index (χ2n) is 5.06. The highest BCUT2D eigenvalue weighted by atomic mass is 19.1. The smallest absolute Gasteiger partial charge is 0.414 e. The van der Waals surface area contributed by atoms with E-state index in [4.69, 9.17) is 29.3 Å². The van der Waals surface area contributed by atoms with Gasteiger partial charge in [0.1, 0.15) is 17.3 Å². The highest BCUT2D eigenvalue weighted by Crippen LogP contribution is 2.22. The lowest BCUT2D eigenvalue weighted by Gasteiger charge is -2.09. The first-order valence-electron chi connectivity index (χ1n) is 7.49. The highest BCUT2D eigenvalue weighted by Gasteiger charge is 2.04. The molecule has 26 heavy (non-hydrogen) atoms. The van der Waals surface area contributed by atoms with Gasteiger partial charge in [-0.05, 0) is 35.4 Å². The van der Waals surface area contributed by atoms with Gasteiger partial charge < -0.3 is 25.0 Å². The van der Waals surface area contributed by atoms with E-state index >= 15 is 0 Å². The number of hydrogen-bond acceptors (Lipinski definition) is 5. The van der Waals surface area contributed by atoms with Gasteiger partial charge in [-0.25, -0.2) is 14.0 Å². The van der Waals surface area contributed by atoms with Gasteiger partial charge in [0.05, 0.1) is 14.2 Å². The molecule has 0 bridgehead atoms. The van der Waals surface area contributed by atoms with Crippen LogP contribution in [-0.4, -0.2) is 36.4 Å². The molecule has 0 saturated carbocycles. The van der Waals surface area contributed by atoms with Crippen molar-refractivity contribution < 1.29 is 33.7 Å². The predicted octanol–water partition coefficient (Wildman–Crippen LogP) is 2.29. The fourth-order valence-electron chi connectivity index (χ4n) is 1.92. The van der Waals surface area contributed by atoms with E-state index in [2.05, 4.69) is 5.32 Å². The van der Waals surface area contributed by atoms with E-state index in [1.165, 1.54) is 12.1 Å². The number of benzene rings is 2. The van der Waals surface area contributed by atoms with Crippen molar-refractivity contribution in [3.05, 3.63) is 59.4 Å². The van der Waals surface area contributed by atoms with Crippen molar-refractivity contribution in [3.63, 3.8) is 0 Å². The molecule has 0 saturated heterocycles. The molecule has 7 nitrogen and oxygen atoms in total. The van der Waals surface area contributed by atoms with Crippen LogP contribution in [0.25, 0.3) is 0 Å². The maximum absolute atomic E-state index is 12.8. The molecule has 2 aromatic rings. The summed E-state index contributed by atoms with van der Waals surface area (Å²) in [4.78, 5) is 18.2. The van der Waals surface area contributed by atoms with E-state index < -0.39 is 11.9 Å². The third kappa shape index (κ3) is 7.63. The summed E-state index contributed by atoms with van der Waals surface area (Å²) in [5.74, 6) is -2.33. The first kappa shape index (κ1) is 20.9. The fraction of sp³-hybridized carbons (Fsp3) is 0.222. The standard InChI is InChI=1S/C16H18FNO2.C2H2O4/c1-19-15-7-13(8-16(9-15)20-2)11-18-10-12-3-5-14(17)6-4-12;3-1(4)2(5)6/h3-9,18H,10-11H2,1-2H3;(H,3,4)(H,5,6). The minimum atomic E-state index is -1.82. The van der Waals surface area contributed by atoms with Gasteiger partial charge in [0.15, 0.2) is 0 Å². The van der Waals surface area contributed by atoms with Crippen molar-refractivity contribution in [3.8, 4) is 11.5 Å². The number of rotatable bonds is 6. The van der Waals surface area contributed by atoms with Crippen LogP contribution in [0.4, 0.5) is 4.39 Å². The Kier molecular flexibility index (Phi) is 8.59. The number of carboxylic acids is 2. The van der Waals surface area contributed by atoms with Crippen molar-refractivity contribution in [2.45, 2.75) is 13.1 Å². The van der Waals surface area contributed by atoms with Crippen LogP contribution in [0.5, 0.6) is 11.5 Å². The molecule has 0 aliphatic rings. The molecule has 0 atom stereocenters. The molecule has 0 amide bonds. The van der Waals surface area contributed by atoms with Crippen LogP contribution in [0.3, 0.4) is 0 Å². The average molecular weight is 365 g/mol. The Morgan fingerprint density at radius 3 is 1.77 bits per heavy atom. The normalized spacial score (nSPS) is 9.65. The third-order valence-electron chi connectivity index (χ3n) is 3.17. The molecule has 0 unspecified atom stereocenters. The topological polar surface area (TPSA) is 105 Å². The van der Waals surface area contributed by atoms with E-state index in [1.54, 1.807) is 26.4 Å². The quantitative estimate of drug-likeness (QED) is 0.675. The van der Waals surface area contributed by atoms with Gasteiger partial charge in [0.25, 0.3) is 0 Å². The summed E-state index contributed by atoms with van der Waals surface area (Å²) in [5.41, 5.74) is 2.12. The van der Waals surface area contributed by atoms with Crippen molar-refractivity contribution in [2.75, 3.05) is 14.2 Å². The summed E-state index contributed by atoms with van der Waals surface area (Å²) in [5, 5.41) is 18.1. The Hall–Kier alpha value is -3.13. The van der Waals surface area contributed by atoms with E-state index in [0.717, 1.165) is 22.6 Å². The number of nitrogens with one attached hydrogen (secondary N) is 1. The molecule has 3 N–H and O–H groups in total. The minimum absolute atomic E-state index is 0.216. The van der Waals surface area contributed by atoms with Crippen LogP contribution in [0.15, 0.2) is 42.5 Å².